The van der Waals surface area contributed by atoms with Crippen molar-refractivity contribution >= 4 is 33.0 Å². The van der Waals surface area contributed by atoms with Crippen LogP contribution in [0.2, 0.25) is 0 Å². The highest BCUT2D eigenvalue weighted by molar-refractivity contribution is 7.91. The summed E-state index contributed by atoms with van der Waals surface area (Å²) in [6, 6.07) is 10.7. The van der Waals surface area contributed by atoms with E-state index in [2.05, 4.69) is 5.32 Å². The normalized spacial score (nSPS) is 15.5. The van der Waals surface area contributed by atoms with Gasteiger partial charge in [0.1, 0.15) is 0 Å². The predicted molar refractivity (Wildman–Crippen MR) is 107 cm³/mol. The molecule has 0 radical (unpaired) electrons. The van der Waals surface area contributed by atoms with E-state index in [0.717, 1.165) is 22.4 Å². The first-order valence-electron chi connectivity index (χ1n) is 9.39. The third-order valence-corrected chi connectivity index (χ3v) is 7.10. The van der Waals surface area contributed by atoms with Crippen LogP contribution >= 0.6 is 0 Å². The largest absolute Gasteiger partial charge is 0.326 e. The van der Waals surface area contributed by atoms with Crippen molar-refractivity contribution in [2.45, 2.75) is 37.5 Å². The fourth-order valence-corrected chi connectivity index (χ4v) is 5.21. The Morgan fingerprint density at radius 3 is 2.57 bits per heavy atom. The standard InChI is InChI=1S/C21H22N2O4S/c1-14-4-2-3-5-18(14)22-19(24)9-11-28(26,27)17-12-15-6-7-20(25)23-10-8-16(13-17)21(15)23/h2-5,12-13H,6-11H2,1H3,(H,22,24). The number of carbonyl (C=O) groups excluding carboxylic acids is 2. The highest BCUT2D eigenvalue weighted by Gasteiger charge is 2.32. The smallest absolute Gasteiger partial charge is 0.227 e. The number of amides is 2. The maximum atomic E-state index is 12.8. The summed E-state index contributed by atoms with van der Waals surface area (Å²) in [5, 5.41) is 2.77. The molecule has 0 bridgehead atoms. The Balaban J connectivity index is 1.50. The molecule has 146 valence electrons. The van der Waals surface area contributed by atoms with Gasteiger partial charge in [-0.15, -0.1) is 0 Å². The van der Waals surface area contributed by atoms with Gasteiger partial charge in [0.2, 0.25) is 11.8 Å². The van der Waals surface area contributed by atoms with E-state index in [0.29, 0.717) is 31.5 Å². The summed E-state index contributed by atoms with van der Waals surface area (Å²) < 4.78 is 25.7. The van der Waals surface area contributed by atoms with Crippen molar-refractivity contribution in [3.05, 3.63) is 53.1 Å². The van der Waals surface area contributed by atoms with Crippen LogP contribution in [0.1, 0.15) is 29.5 Å². The topological polar surface area (TPSA) is 83.6 Å². The first kappa shape index (κ1) is 18.7. The Kier molecular flexibility index (Phi) is 4.71. The summed E-state index contributed by atoms with van der Waals surface area (Å²) in [6.07, 6.45) is 1.54. The molecule has 0 aromatic heterocycles. The first-order valence-corrected chi connectivity index (χ1v) is 11.0. The van der Waals surface area contributed by atoms with Crippen molar-refractivity contribution in [2.24, 2.45) is 0 Å². The number of rotatable bonds is 5. The van der Waals surface area contributed by atoms with Crippen molar-refractivity contribution in [1.29, 1.82) is 0 Å². The van der Waals surface area contributed by atoms with Crippen molar-refractivity contribution in [3.8, 4) is 0 Å². The number of nitrogens with zero attached hydrogens (tertiary/aromatic N) is 1. The molecule has 2 amide bonds. The Morgan fingerprint density at radius 2 is 1.82 bits per heavy atom. The third-order valence-electron chi connectivity index (χ3n) is 5.40. The van der Waals surface area contributed by atoms with E-state index in [4.69, 9.17) is 0 Å². The van der Waals surface area contributed by atoms with Crippen LogP contribution in [0.4, 0.5) is 11.4 Å². The lowest BCUT2D eigenvalue weighted by atomic mass is 10.00. The van der Waals surface area contributed by atoms with Gasteiger partial charge in [-0.05, 0) is 54.7 Å². The SMILES string of the molecule is Cc1ccccc1NC(=O)CCS(=O)(=O)c1cc2c3c(c1)CCN3C(=O)CC2. The van der Waals surface area contributed by atoms with Crippen LogP contribution in [0, 0.1) is 6.92 Å². The van der Waals surface area contributed by atoms with Gasteiger partial charge in [0.15, 0.2) is 9.84 Å². The zero-order chi connectivity index (χ0) is 19.9. The van der Waals surface area contributed by atoms with Gasteiger partial charge in [-0.3, -0.25) is 9.59 Å². The summed E-state index contributed by atoms with van der Waals surface area (Å²) in [5.41, 5.74) is 4.34. The van der Waals surface area contributed by atoms with Gasteiger partial charge in [0.05, 0.1) is 16.3 Å². The average molecular weight is 398 g/mol. The van der Waals surface area contributed by atoms with Gasteiger partial charge < -0.3 is 10.2 Å². The second-order valence-electron chi connectivity index (χ2n) is 7.32. The number of benzene rings is 2. The molecule has 0 aliphatic carbocycles. The maximum Gasteiger partial charge on any atom is 0.227 e. The summed E-state index contributed by atoms with van der Waals surface area (Å²) in [4.78, 5) is 26.3. The van der Waals surface area contributed by atoms with Crippen LogP contribution in [0.3, 0.4) is 0 Å². The molecule has 2 aliphatic heterocycles. The molecular weight excluding hydrogens is 376 g/mol. The Labute approximate surface area is 164 Å². The first-order chi connectivity index (χ1) is 13.3. The molecule has 0 fully saturated rings. The van der Waals surface area contributed by atoms with Gasteiger partial charge in [0.25, 0.3) is 0 Å². The van der Waals surface area contributed by atoms with Crippen molar-refractivity contribution < 1.29 is 18.0 Å². The molecule has 0 unspecified atom stereocenters. The second-order valence-corrected chi connectivity index (χ2v) is 9.43. The average Bonchev–Trinajstić information content (AvgIpc) is 3.10. The molecule has 0 saturated heterocycles. The van der Waals surface area contributed by atoms with Crippen LogP contribution in [0.15, 0.2) is 41.3 Å². The number of hydrogen-bond acceptors (Lipinski definition) is 4. The lowest BCUT2D eigenvalue weighted by molar-refractivity contribution is -0.119. The summed E-state index contributed by atoms with van der Waals surface area (Å²) >= 11 is 0. The number of hydrogen-bond donors (Lipinski definition) is 1. The van der Waals surface area contributed by atoms with Crippen molar-refractivity contribution in [3.63, 3.8) is 0 Å². The van der Waals surface area contributed by atoms with Crippen molar-refractivity contribution in [1.82, 2.24) is 0 Å². The number of anilines is 2. The molecule has 2 aliphatic rings. The molecular formula is C21H22N2O4S. The van der Waals surface area contributed by atoms with Crippen LogP contribution in [0.25, 0.3) is 0 Å². The molecule has 7 heteroatoms. The summed E-state index contributed by atoms with van der Waals surface area (Å²) in [6.45, 7) is 2.50. The minimum absolute atomic E-state index is 0.103. The maximum absolute atomic E-state index is 12.8. The number of aryl methyl sites for hydroxylation is 2. The minimum Gasteiger partial charge on any atom is -0.326 e. The number of sulfone groups is 1. The molecule has 1 N–H and O–H groups in total. The minimum atomic E-state index is -3.58. The highest BCUT2D eigenvalue weighted by atomic mass is 32.2. The van der Waals surface area contributed by atoms with E-state index in [1.165, 1.54) is 0 Å². The zero-order valence-electron chi connectivity index (χ0n) is 15.7. The van der Waals surface area contributed by atoms with E-state index < -0.39 is 9.84 Å². The quantitative estimate of drug-likeness (QED) is 0.839. The van der Waals surface area contributed by atoms with E-state index in [1.807, 2.05) is 25.1 Å². The number of para-hydroxylation sites is 1. The highest BCUT2D eigenvalue weighted by Crippen LogP contribution is 2.38. The van der Waals surface area contributed by atoms with Gasteiger partial charge in [-0.2, -0.15) is 0 Å². The second kappa shape index (κ2) is 7.05. The lowest BCUT2D eigenvalue weighted by Gasteiger charge is -2.25. The van der Waals surface area contributed by atoms with Gasteiger partial charge in [0, 0.05) is 25.1 Å². The Hall–Kier alpha value is -2.67. The molecule has 28 heavy (non-hydrogen) atoms. The number of carbonyl (C=O) groups is 2. The lowest BCUT2D eigenvalue weighted by Crippen LogP contribution is -2.32. The summed E-state index contributed by atoms with van der Waals surface area (Å²) in [5.74, 6) is -0.460. The van der Waals surface area contributed by atoms with Crippen LogP contribution in [-0.4, -0.2) is 32.5 Å². The van der Waals surface area contributed by atoms with Crippen LogP contribution in [-0.2, 0) is 32.3 Å². The zero-order valence-corrected chi connectivity index (χ0v) is 16.5. The molecule has 6 nitrogen and oxygen atoms in total. The fraction of sp³-hybridized carbons (Fsp3) is 0.333. The van der Waals surface area contributed by atoms with E-state index in [1.54, 1.807) is 23.1 Å². The van der Waals surface area contributed by atoms with Gasteiger partial charge >= 0.3 is 0 Å². The van der Waals surface area contributed by atoms with Gasteiger partial charge in [-0.1, -0.05) is 18.2 Å². The Morgan fingerprint density at radius 1 is 1.11 bits per heavy atom. The molecule has 0 spiro atoms. The Bertz CT molecular complexity index is 1080. The van der Waals surface area contributed by atoms with Gasteiger partial charge in [-0.25, -0.2) is 8.42 Å². The molecule has 2 aromatic carbocycles. The van der Waals surface area contributed by atoms with E-state index >= 15 is 0 Å². The fourth-order valence-electron chi connectivity index (χ4n) is 3.88. The molecule has 4 rings (SSSR count). The number of nitrogens with one attached hydrogen (secondary N) is 1. The predicted octanol–water partition coefficient (Wildman–Crippen LogP) is 2.63. The van der Waals surface area contributed by atoms with E-state index in [9.17, 15) is 18.0 Å². The molecule has 2 aromatic rings. The molecule has 2 heterocycles. The molecule has 0 atom stereocenters. The third kappa shape index (κ3) is 3.42. The van der Waals surface area contributed by atoms with E-state index in [-0.39, 0.29) is 28.9 Å². The van der Waals surface area contributed by atoms with Crippen molar-refractivity contribution in [2.75, 3.05) is 22.5 Å². The summed E-state index contributed by atoms with van der Waals surface area (Å²) in [7, 11) is -3.58. The van der Waals surface area contributed by atoms with Crippen LogP contribution < -0.4 is 10.2 Å². The van der Waals surface area contributed by atoms with Crippen LogP contribution in [0.5, 0.6) is 0 Å². The monoisotopic (exact) mass is 398 g/mol. The molecule has 0 saturated carbocycles.